The monoisotopic (exact) mass is 530 g/mol. The van der Waals surface area contributed by atoms with Gasteiger partial charge in [-0.2, -0.15) is 5.10 Å². The van der Waals surface area contributed by atoms with E-state index in [-0.39, 0.29) is 22.9 Å². The highest BCUT2D eigenvalue weighted by atomic mass is 32.2. The summed E-state index contributed by atoms with van der Waals surface area (Å²) < 4.78 is 31.1. The molecule has 9 nitrogen and oxygen atoms in total. The van der Waals surface area contributed by atoms with Gasteiger partial charge in [-0.15, -0.1) is 0 Å². The SMILES string of the molecule is Cc1ccc(S(=O)(=O)n2c(-c3cnn(C)c3)cc3c(N4CC5CCC(C4)N5C(=O)C4CC4)ccnc32)cc1. The topological polar surface area (TPSA) is 93.3 Å². The molecule has 2 atom stereocenters. The summed E-state index contributed by atoms with van der Waals surface area (Å²) in [7, 11) is -2.13. The molecule has 1 aromatic carbocycles. The lowest BCUT2D eigenvalue weighted by Gasteiger charge is -2.42. The molecule has 2 bridgehead atoms. The predicted octanol–water partition coefficient (Wildman–Crippen LogP) is 3.57. The number of carbonyl (C=O) groups excluding carboxylic acids is 1. The van der Waals surface area contributed by atoms with Gasteiger partial charge in [0.2, 0.25) is 5.91 Å². The van der Waals surface area contributed by atoms with Gasteiger partial charge in [0.1, 0.15) is 0 Å². The summed E-state index contributed by atoms with van der Waals surface area (Å²) in [4.78, 5) is 22.2. The summed E-state index contributed by atoms with van der Waals surface area (Å²) in [5.74, 6) is 0.548. The predicted molar refractivity (Wildman–Crippen MR) is 144 cm³/mol. The second-order valence-electron chi connectivity index (χ2n) is 10.9. The van der Waals surface area contributed by atoms with E-state index in [9.17, 15) is 13.2 Å². The maximum absolute atomic E-state index is 14.0. The molecule has 5 heterocycles. The molecule has 1 aliphatic carbocycles. The molecule has 7 rings (SSSR count). The van der Waals surface area contributed by atoms with Crippen LogP contribution >= 0.6 is 0 Å². The number of piperazine rings is 1. The maximum Gasteiger partial charge on any atom is 0.269 e. The Hall–Kier alpha value is -3.66. The standard InChI is InChI=1S/C28H30N6O3S/c1-18-3-9-23(10-4-18)38(36,37)34-26(20-14-30-31(2)15-20)13-24-25(11-12-29-27(24)34)32-16-21-7-8-22(17-32)33(21)28(35)19-5-6-19/h3-4,9-15,19,21-22H,5-8,16-17H2,1-2H3. The number of anilines is 1. The number of hydrogen-bond donors (Lipinski definition) is 0. The van der Waals surface area contributed by atoms with Gasteiger partial charge in [0.05, 0.1) is 16.8 Å². The van der Waals surface area contributed by atoms with Gasteiger partial charge in [-0.1, -0.05) is 17.7 Å². The molecule has 0 spiro atoms. The van der Waals surface area contributed by atoms with E-state index in [4.69, 9.17) is 0 Å². The molecule has 3 aromatic heterocycles. The van der Waals surface area contributed by atoms with Crippen molar-refractivity contribution in [2.24, 2.45) is 13.0 Å². The van der Waals surface area contributed by atoms with Crippen LogP contribution in [0.2, 0.25) is 0 Å². The van der Waals surface area contributed by atoms with Gasteiger partial charge in [0.15, 0.2) is 5.65 Å². The number of nitrogens with zero attached hydrogens (tertiary/aromatic N) is 6. The van der Waals surface area contributed by atoms with Crippen molar-refractivity contribution in [2.45, 2.75) is 49.6 Å². The second-order valence-corrected chi connectivity index (χ2v) is 12.7. The molecule has 10 heteroatoms. The van der Waals surface area contributed by atoms with Gasteiger partial charge in [0, 0.05) is 67.2 Å². The Morgan fingerprint density at radius 2 is 1.71 bits per heavy atom. The first-order valence-corrected chi connectivity index (χ1v) is 14.6. The van der Waals surface area contributed by atoms with Crippen LogP contribution in [-0.4, -0.2) is 63.1 Å². The molecule has 0 radical (unpaired) electrons. The van der Waals surface area contributed by atoms with E-state index in [0.29, 0.717) is 22.8 Å². The Morgan fingerprint density at radius 3 is 2.34 bits per heavy atom. The van der Waals surface area contributed by atoms with E-state index in [2.05, 4.69) is 19.9 Å². The molecule has 4 aromatic rings. The minimum absolute atomic E-state index is 0.196. The number of carbonyl (C=O) groups is 1. The quantitative estimate of drug-likeness (QED) is 0.392. The van der Waals surface area contributed by atoms with Crippen molar-refractivity contribution in [2.75, 3.05) is 18.0 Å². The molecule has 38 heavy (non-hydrogen) atoms. The molecule has 2 aliphatic heterocycles. The summed E-state index contributed by atoms with van der Waals surface area (Å²) in [6.07, 6.45) is 9.24. The molecular weight excluding hydrogens is 500 g/mol. The van der Waals surface area contributed by atoms with Crippen LogP contribution in [0.3, 0.4) is 0 Å². The molecule has 1 saturated carbocycles. The normalized spacial score (nSPS) is 21.4. The van der Waals surface area contributed by atoms with Gasteiger partial charge >= 0.3 is 0 Å². The van der Waals surface area contributed by atoms with Gasteiger partial charge in [-0.05, 0) is 56.9 Å². The van der Waals surface area contributed by atoms with Crippen molar-refractivity contribution in [1.29, 1.82) is 0 Å². The molecular formula is C28H30N6O3S. The van der Waals surface area contributed by atoms with Crippen molar-refractivity contribution in [1.82, 2.24) is 23.6 Å². The third-order valence-corrected chi connectivity index (χ3v) is 9.92. The summed E-state index contributed by atoms with van der Waals surface area (Å²) >= 11 is 0. The number of benzene rings is 1. The summed E-state index contributed by atoms with van der Waals surface area (Å²) in [6, 6.07) is 11.2. The van der Waals surface area contributed by atoms with Crippen LogP contribution in [0.25, 0.3) is 22.3 Å². The van der Waals surface area contributed by atoms with E-state index in [1.165, 1.54) is 3.97 Å². The lowest BCUT2D eigenvalue weighted by molar-refractivity contribution is -0.135. The number of pyridine rings is 1. The first-order chi connectivity index (χ1) is 18.3. The van der Waals surface area contributed by atoms with E-state index in [1.807, 2.05) is 32.3 Å². The van der Waals surface area contributed by atoms with Crippen molar-refractivity contribution >= 4 is 32.7 Å². The lowest BCUT2D eigenvalue weighted by atomic mass is 10.1. The van der Waals surface area contributed by atoms with Crippen LogP contribution in [0.4, 0.5) is 5.69 Å². The molecule has 3 aliphatic rings. The van der Waals surface area contributed by atoms with E-state index < -0.39 is 10.0 Å². The van der Waals surface area contributed by atoms with Crippen LogP contribution < -0.4 is 4.90 Å². The van der Waals surface area contributed by atoms with Crippen molar-refractivity contribution in [3.05, 3.63) is 60.6 Å². The minimum atomic E-state index is -3.94. The van der Waals surface area contributed by atoms with Crippen molar-refractivity contribution in [3.63, 3.8) is 0 Å². The average molecular weight is 531 g/mol. The summed E-state index contributed by atoms with van der Waals surface area (Å²) in [6.45, 7) is 3.42. The first kappa shape index (κ1) is 23.5. The fourth-order valence-electron chi connectivity index (χ4n) is 6.15. The third-order valence-electron chi connectivity index (χ3n) is 8.20. The number of hydrogen-bond acceptors (Lipinski definition) is 6. The van der Waals surface area contributed by atoms with Gasteiger partial charge < -0.3 is 9.80 Å². The zero-order valence-electron chi connectivity index (χ0n) is 21.5. The highest BCUT2D eigenvalue weighted by Crippen LogP contribution is 2.41. The highest BCUT2D eigenvalue weighted by molar-refractivity contribution is 7.90. The minimum Gasteiger partial charge on any atom is -0.367 e. The Balaban J connectivity index is 1.35. The largest absolute Gasteiger partial charge is 0.367 e. The zero-order valence-corrected chi connectivity index (χ0v) is 22.3. The van der Waals surface area contributed by atoms with Gasteiger partial charge in [-0.3, -0.25) is 9.48 Å². The fraction of sp³-hybridized carbons (Fsp3) is 0.393. The average Bonchev–Trinajstić information content (AvgIpc) is 3.45. The Bertz CT molecular complexity index is 1650. The first-order valence-electron chi connectivity index (χ1n) is 13.2. The molecule has 2 saturated heterocycles. The Kier molecular flexibility index (Phi) is 5.20. The van der Waals surface area contributed by atoms with Crippen molar-refractivity contribution in [3.8, 4) is 11.3 Å². The number of fused-ring (bicyclic) bond motifs is 3. The maximum atomic E-state index is 14.0. The lowest BCUT2D eigenvalue weighted by Crippen LogP contribution is -2.56. The third kappa shape index (κ3) is 3.65. The van der Waals surface area contributed by atoms with Crippen molar-refractivity contribution < 1.29 is 13.2 Å². The van der Waals surface area contributed by atoms with Crippen LogP contribution in [0.5, 0.6) is 0 Å². The molecule has 3 fully saturated rings. The molecule has 2 unspecified atom stereocenters. The Morgan fingerprint density at radius 1 is 1.00 bits per heavy atom. The Labute approximate surface area is 221 Å². The number of aromatic nitrogens is 4. The fourth-order valence-corrected chi connectivity index (χ4v) is 7.63. The van der Waals surface area contributed by atoms with Gasteiger partial charge in [-0.25, -0.2) is 17.4 Å². The zero-order chi connectivity index (χ0) is 26.2. The van der Waals surface area contributed by atoms with Gasteiger partial charge in [0.25, 0.3) is 10.0 Å². The summed E-state index contributed by atoms with van der Waals surface area (Å²) in [5.41, 5.74) is 3.56. The van der Waals surface area contributed by atoms with Crippen LogP contribution in [0.15, 0.2) is 59.9 Å². The molecule has 0 N–H and O–H groups in total. The van der Waals surface area contributed by atoms with Crippen LogP contribution in [0, 0.1) is 12.8 Å². The number of amides is 1. The number of aryl methyl sites for hydroxylation is 2. The number of rotatable bonds is 5. The van der Waals surface area contributed by atoms with E-state index in [1.54, 1.807) is 41.3 Å². The van der Waals surface area contributed by atoms with E-state index in [0.717, 1.165) is 55.4 Å². The second kappa shape index (κ2) is 8.42. The van der Waals surface area contributed by atoms with Crippen LogP contribution in [-0.2, 0) is 21.9 Å². The summed E-state index contributed by atoms with van der Waals surface area (Å²) in [5, 5.41) is 5.08. The highest BCUT2D eigenvalue weighted by Gasteiger charge is 2.46. The van der Waals surface area contributed by atoms with Crippen LogP contribution in [0.1, 0.15) is 31.2 Å². The molecule has 1 amide bonds. The smallest absolute Gasteiger partial charge is 0.269 e. The molecule has 196 valence electrons. The van der Waals surface area contributed by atoms with E-state index >= 15 is 0 Å².